The zero-order valence-electron chi connectivity index (χ0n) is 11.6. The third kappa shape index (κ3) is 2.74. The van der Waals surface area contributed by atoms with E-state index in [4.69, 9.17) is 0 Å². The van der Waals surface area contributed by atoms with E-state index in [0.717, 1.165) is 37.5 Å². The molecule has 1 aromatic heterocycles. The maximum atomic E-state index is 9.33. The van der Waals surface area contributed by atoms with Gasteiger partial charge in [0.2, 0.25) is 0 Å². The Morgan fingerprint density at radius 3 is 2.89 bits per heavy atom. The number of rotatable bonds is 6. The highest BCUT2D eigenvalue weighted by Gasteiger charge is 2.25. The molecule has 0 aromatic carbocycles. The predicted octanol–water partition coefficient (Wildman–Crippen LogP) is 2.52. The van der Waals surface area contributed by atoms with Crippen molar-refractivity contribution in [3.63, 3.8) is 0 Å². The van der Waals surface area contributed by atoms with Crippen molar-refractivity contribution in [2.75, 3.05) is 6.61 Å². The second kappa shape index (κ2) is 6.32. The first-order valence-electron chi connectivity index (χ1n) is 7.32. The number of unbranched alkanes of at least 4 members (excludes halogenated alkanes) is 1. The monoisotopic (exact) mass is 251 g/mol. The average Bonchev–Trinajstić information content (AvgIpc) is 2.83. The molecule has 1 N–H and O–H groups in total. The summed E-state index contributed by atoms with van der Waals surface area (Å²) in [6, 6.07) is 0. The molecule has 1 aliphatic heterocycles. The van der Waals surface area contributed by atoms with E-state index >= 15 is 0 Å². The molecule has 0 aliphatic carbocycles. The molecule has 1 aromatic rings. The van der Waals surface area contributed by atoms with Gasteiger partial charge in [-0.15, -0.1) is 10.2 Å². The minimum Gasteiger partial charge on any atom is -0.396 e. The van der Waals surface area contributed by atoms with Crippen LogP contribution in [0.15, 0.2) is 0 Å². The van der Waals surface area contributed by atoms with Crippen molar-refractivity contribution in [2.45, 2.75) is 64.8 Å². The summed E-state index contributed by atoms with van der Waals surface area (Å²) < 4.78 is 2.27. The lowest BCUT2D eigenvalue weighted by Gasteiger charge is -2.24. The molecule has 4 nitrogen and oxygen atoms in total. The highest BCUT2D eigenvalue weighted by atomic mass is 16.3. The van der Waals surface area contributed by atoms with E-state index in [1.54, 1.807) is 0 Å². The van der Waals surface area contributed by atoms with E-state index in [-0.39, 0.29) is 6.61 Å². The Morgan fingerprint density at radius 1 is 1.39 bits per heavy atom. The predicted molar refractivity (Wildman–Crippen MR) is 71.5 cm³/mol. The lowest BCUT2D eigenvalue weighted by Crippen LogP contribution is -2.25. The largest absolute Gasteiger partial charge is 0.396 e. The molecule has 0 fully saturated rings. The maximum absolute atomic E-state index is 9.33. The maximum Gasteiger partial charge on any atom is 0.136 e. The molecule has 0 amide bonds. The van der Waals surface area contributed by atoms with Crippen molar-refractivity contribution in [1.82, 2.24) is 14.8 Å². The number of aliphatic hydroxyl groups excluding tert-OH is 1. The lowest BCUT2D eigenvalue weighted by molar-refractivity contribution is 0.188. The average molecular weight is 251 g/mol. The molecular weight excluding hydrogens is 226 g/mol. The molecule has 2 rings (SSSR count). The number of aromatic nitrogens is 3. The molecule has 2 atom stereocenters. The van der Waals surface area contributed by atoms with Gasteiger partial charge in [-0.1, -0.05) is 26.7 Å². The Hall–Kier alpha value is -0.900. The molecule has 0 saturated carbocycles. The molecule has 0 radical (unpaired) electrons. The molecule has 2 heterocycles. The van der Waals surface area contributed by atoms with Gasteiger partial charge in [-0.2, -0.15) is 0 Å². The van der Waals surface area contributed by atoms with Gasteiger partial charge < -0.3 is 9.67 Å². The zero-order valence-corrected chi connectivity index (χ0v) is 11.6. The SMILES string of the molecule is CCCCC(CC)c1nnc2n1CC(CO)CC2. The summed E-state index contributed by atoms with van der Waals surface area (Å²) in [4.78, 5) is 0. The smallest absolute Gasteiger partial charge is 0.136 e. The summed E-state index contributed by atoms with van der Waals surface area (Å²) in [5.74, 6) is 3.18. The van der Waals surface area contributed by atoms with Crippen molar-refractivity contribution in [3.05, 3.63) is 11.6 Å². The number of aryl methyl sites for hydroxylation is 1. The molecule has 0 saturated heterocycles. The van der Waals surface area contributed by atoms with Gasteiger partial charge in [0.25, 0.3) is 0 Å². The minimum atomic E-state index is 0.281. The van der Waals surface area contributed by atoms with Crippen LogP contribution in [0.25, 0.3) is 0 Å². The number of nitrogens with zero attached hydrogens (tertiary/aromatic N) is 3. The van der Waals surface area contributed by atoms with Crippen LogP contribution in [0.5, 0.6) is 0 Å². The quantitative estimate of drug-likeness (QED) is 0.845. The topological polar surface area (TPSA) is 50.9 Å². The Bertz CT molecular complexity index is 375. The van der Waals surface area contributed by atoms with E-state index in [9.17, 15) is 5.11 Å². The molecule has 18 heavy (non-hydrogen) atoms. The molecule has 102 valence electrons. The van der Waals surface area contributed by atoms with E-state index in [0.29, 0.717) is 11.8 Å². The fourth-order valence-corrected chi connectivity index (χ4v) is 2.83. The van der Waals surface area contributed by atoms with Gasteiger partial charge in [-0.05, 0) is 19.3 Å². The van der Waals surface area contributed by atoms with E-state index < -0.39 is 0 Å². The third-order valence-electron chi connectivity index (χ3n) is 4.10. The van der Waals surface area contributed by atoms with Gasteiger partial charge in [0.1, 0.15) is 11.6 Å². The van der Waals surface area contributed by atoms with Crippen LogP contribution in [0.2, 0.25) is 0 Å². The van der Waals surface area contributed by atoms with Gasteiger partial charge in [-0.25, -0.2) is 0 Å². The van der Waals surface area contributed by atoms with Crippen LogP contribution in [0.1, 0.15) is 63.5 Å². The van der Waals surface area contributed by atoms with Crippen LogP contribution in [0, 0.1) is 5.92 Å². The summed E-state index contributed by atoms with van der Waals surface area (Å²) in [6.07, 6.45) is 6.82. The Balaban J connectivity index is 2.15. The summed E-state index contributed by atoms with van der Waals surface area (Å²) in [7, 11) is 0. The number of hydrogen-bond acceptors (Lipinski definition) is 3. The molecular formula is C14H25N3O. The van der Waals surface area contributed by atoms with Crippen LogP contribution >= 0.6 is 0 Å². The Morgan fingerprint density at radius 2 is 2.22 bits per heavy atom. The first kappa shape index (κ1) is 13.5. The number of fused-ring (bicyclic) bond motifs is 1. The highest BCUT2D eigenvalue weighted by Crippen LogP contribution is 2.28. The second-order valence-corrected chi connectivity index (χ2v) is 5.42. The fraction of sp³-hybridized carbons (Fsp3) is 0.857. The van der Waals surface area contributed by atoms with Gasteiger partial charge in [-0.3, -0.25) is 0 Å². The van der Waals surface area contributed by atoms with E-state index in [1.165, 1.54) is 19.3 Å². The molecule has 2 unspecified atom stereocenters. The number of aliphatic hydroxyl groups is 1. The zero-order chi connectivity index (χ0) is 13.0. The van der Waals surface area contributed by atoms with Crippen molar-refractivity contribution in [1.29, 1.82) is 0 Å². The molecule has 1 aliphatic rings. The molecule has 0 spiro atoms. The minimum absolute atomic E-state index is 0.281. The second-order valence-electron chi connectivity index (χ2n) is 5.42. The Labute approximate surface area is 109 Å². The molecule has 0 bridgehead atoms. The Kier molecular flexibility index (Phi) is 4.75. The van der Waals surface area contributed by atoms with E-state index in [2.05, 4.69) is 28.6 Å². The summed E-state index contributed by atoms with van der Waals surface area (Å²) in [5.41, 5.74) is 0. The lowest BCUT2D eigenvalue weighted by atomic mass is 9.96. The van der Waals surface area contributed by atoms with Gasteiger partial charge >= 0.3 is 0 Å². The standard InChI is InChI=1S/C14H25N3O/c1-3-5-6-12(4-2)14-16-15-13-8-7-11(10-18)9-17(13)14/h11-12,18H,3-10H2,1-2H3. The molecule has 4 heteroatoms. The van der Waals surface area contributed by atoms with Gasteiger partial charge in [0, 0.05) is 31.4 Å². The number of hydrogen-bond donors (Lipinski definition) is 1. The van der Waals surface area contributed by atoms with Crippen molar-refractivity contribution >= 4 is 0 Å². The van der Waals surface area contributed by atoms with Crippen LogP contribution in [-0.2, 0) is 13.0 Å². The highest BCUT2D eigenvalue weighted by molar-refractivity contribution is 5.05. The van der Waals surface area contributed by atoms with Crippen molar-refractivity contribution in [2.24, 2.45) is 5.92 Å². The first-order chi connectivity index (χ1) is 8.80. The summed E-state index contributed by atoms with van der Waals surface area (Å²) in [5, 5.41) is 18.1. The van der Waals surface area contributed by atoms with Crippen LogP contribution in [-0.4, -0.2) is 26.5 Å². The van der Waals surface area contributed by atoms with Crippen molar-refractivity contribution in [3.8, 4) is 0 Å². The summed E-state index contributed by atoms with van der Waals surface area (Å²) >= 11 is 0. The third-order valence-corrected chi connectivity index (χ3v) is 4.10. The van der Waals surface area contributed by atoms with Gasteiger partial charge in [0.15, 0.2) is 0 Å². The van der Waals surface area contributed by atoms with Crippen molar-refractivity contribution < 1.29 is 5.11 Å². The van der Waals surface area contributed by atoms with Crippen LogP contribution in [0.3, 0.4) is 0 Å². The summed E-state index contributed by atoms with van der Waals surface area (Å²) in [6.45, 7) is 5.64. The van der Waals surface area contributed by atoms with E-state index in [1.807, 2.05) is 0 Å². The first-order valence-corrected chi connectivity index (χ1v) is 7.32. The normalized spacial score (nSPS) is 20.7. The van der Waals surface area contributed by atoms with Crippen LogP contribution < -0.4 is 0 Å². The van der Waals surface area contributed by atoms with Crippen LogP contribution in [0.4, 0.5) is 0 Å². The fourth-order valence-electron chi connectivity index (χ4n) is 2.83. The van der Waals surface area contributed by atoms with Gasteiger partial charge in [0.05, 0.1) is 0 Å².